The van der Waals surface area contributed by atoms with Crippen molar-refractivity contribution in [2.45, 2.75) is 20.8 Å². The van der Waals surface area contributed by atoms with Crippen LogP contribution < -0.4 is 14.8 Å². The quantitative estimate of drug-likeness (QED) is 0.547. The summed E-state index contributed by atoms with van der Waals surface area (Å²) in [6.45, 7) is 4.65. The van der Waals surface area contributed by atoms with E-state index in [-0.39, 0.29) is 29.6 Å². The molecule has 0 saturated carbocycles. The summed E-state index contributed by atoms with van der Waals surface area (Å²) in [6.07, 6.45) is 0. The summed E-state index contributed by atoms with van der Waals surface area (Å²) in [5, 5.41) is 2.90. The number of carbonyl (C=O) groups is 3. The zero-order valence-electron chi connectivity index (χ0n) is 15.6. The van der Waals surface area contributed by atoms with Crippen molar-refractivity contribution in [2.24, 2.45) is 0 Å². The molecule has 0 aliphatic carbocycles. The number of methoxy groups -OCH3 is 1. The van der Waals surface area contributed by atoms with Crippen molar-refractivity contribution in [2.75, 3.05) is 25.6 Å². The number of Topliss-reactive ketones (excluding diaryl/α,β-unsaturated/α-hetero) is 1. The Hall–Kier alpha value is -2.87. The second kappa shape index (κ2) is 9.18. The van der Waals surface area contributed by atoms with Crippen LogP contribution in [0.15, 0.2) is 24.3 Å². The fourth-order valence-corrected chi connectivity index (χ4v) is 3.54. The zero-order chi connectivity index (χ0) is 20.0. The van der Waals surface area contributed by atoms with Gasteiger partial charge in [-0.25, -0.2) is 4.79 Å². The molecule has 1 N–H and O–H groups in total. The van der Waals surface area contributed by atoms with Crippen LogP contribution in [0, 0.1) is 6.92 Å². The second-order valence-corrected chi connectivity index (χ2v) is 6.55. The van der Waals surface area contributed by atoms with E-state index in [0.29, 0.717) is 21.9 Å². The van der Waals surface area contributed by atoms with Crippen LogP contribution in [0.5, 0.6) is 11.5 Å². The van der Waals surface area contributed by atoms with Crippen LogP contribution in [-0.2, 0) is 9.53 Å². The Bertz CT molecular complexity index is 858. The zero-order valence-corrected chi connectivity index (χ0v) is 16.4. The van der Waals surface area contributed by atoms with Crippen molar-refractivity contribution < 1.29 is 28.6 Å². The van der Waals surface area contributed by atoms with Gasteiger partial charge >= 0.3 is 5.97 Å². The number of nitrogens with one attached hydrogen (secondary N) is 1. The van der Waals surface area contributed by atoms with Crippen molar-refractivity contribution in [3.63, 3.8) is 0 Å². The van der Waals surface area contributed by atoms with E-state index >= 15 is 0 Å². The van der Waals surface area contributed by atoms with Crippen molar-refractivity contribution in [3.05, 3.63) is 40.3 Å². The minimum absolute atomic E-state index is 0.186. The molecule has 144 valence electrons. The lowest BCUT2D eigenvalue weighted by molar-refractivity contribution is -0.118. The number of anilines is 1. The number of ketones is 1. The van der Waals surface area contributed by atoms with Gasteiger partial charge in [-0.1, -0.05) is 12.1 Å². The number of esters is 1. The Morgan fingerprint density at radius 3 is 2.41 bits per heavy atom. The molecular weight excluding hydrogens is 370 g/mol. The normalized spacial score (nSPS) is 10.2. The van der Waals surface area contributed by atoms with Gasteiger partial charge in [0.1, 0.15) is 5.00 Å². The Kier molecular flexibility index (Phi) is 6.95. The average molecular weight is 391 g/mol. The van der Waals surface area contributed by atoms with E-state index in [1.54, 1.807) is 38.1 Å². The van der Waals surface area contributed by atoms with E-state index in [1.165, 1.54) is 14.0 Å². The van der Waals surface area contributed by atoms with Gasteiger partial charge in [-0.3, -0.25) is 9.59 Å². The fourth-order valence-electron chi connectivity index (χ4n) is 2.43. The summed E-state index contributed by atoms with van der Waals surface area (Å²) in [5.74, 6) is -0.313. The predicted octanol–water partition coefficient (Wildman–Crippen LogP) is 3.46. The van der Waals surface area contributed by atoms with Crippen LogP contribution in [0.2, 0.25) is 0 Å². The van der Waals surface area contributed by atoms with Gasteiger partial charge in [-0.2, -0.15) is 0 Å². The van der Waals surface area contributed by atoms with E-state index in [1.807, 2.05) is 0 Å². The molecule has 7 nitrogen and oxygen atoms in total. The minimum Gasteiger partial charge on any atom is -0.493 e. The molecule has 8 heteroatoms. The number of rotatable bonds is 8. The third-order valence-electron chi connectivity index (χ3n) is 3.63. The van der Waals surface area contributed by atoms with Gasteiger partial charge in [0.05, 0.1) is 24.2 Å². The van der Waals surface area contributed by atoms with Gasteiger partial charge in [0, 0.05) is 0 Å². The Balaban J connectivity index is 2.18. The highest BCUT2D eigenvalue weighted by Crippen LogP contribution is 2.34. The summed E-state index contributed by atoms with van der Waals surface area (Å²) in [6, 6.07) is 6.94. The fraction of sp³-hybridized carbons (Fsp3) is 0.316. The smallest absolute Gasteiger partial charge is 0.341 e. The van der Waals surface area contributed by atoms with Crippen LogP contribution >= 0.6 is 11.3 Å². The molecule has 0 fully saturated rings. The summed E-state index contributed by atoms with van der Waals surface area (Å²) >= 11 is 1.04. The molecule has 1 amide bonds. The molecule has 1 heterocycles. The standard InChI is InChI=1S/C19H21NO6S/c1-5-25-19(23)16-11(2)17(12(3)21)27-18(16)20-15(22)10-26-14-9-7-6-8-13(14)24-4/h6-9H,5,10H2,1-4H3,(H,20,22). The molecule has 0 spiro atoms. The maximum absolute atomic E-state index is 12.3. The predicted molar refractivity (Wildman–Crippen MR) is 102 cm³/mol. The highest BCUT2D eigenvalue weighted by atomic mass is 32.1. The summed E-state index contributed by atoms with van der Waals surface area (Å²) in [7, 11) is 1.51. The highest BCUT2D eigenvalue weighted by molar-refractivity contribution is 7.18. The largest absolute Gasteiger partial charge is 0.493 e. The van der Waals surface area contributed by atoms with Crippen LogP contribution in [0.1, 0.15) is 39.4 Å². The summed E-state index contributed by atoms with van der Waals surface area (Å²) in [4.78, 5) is 36.7. The molecule has 1 aromatic carbocycles. The van der Waals surface area contributed by atoms with Crippen LogP contribution in [0.4, 0.5) is 5.00 Å². The summed E-state index contributed by atoms with van der Waals surface area (Å²) < 4.78 is 15.7. The van der Waals surface area contributed by atoms with Crippen molar-refractivity contribution in [1.29, 1.82) is 0 Å². The molecule has 27 heavy (non-hydrogen) atoms. The Morgan fingerprint density at radius 1 is 1.15 bits per heavy atom. The first kappa shape index (κ1) is 20.4. The van der Waals surface area contributed by atoms with E-state index in [9.17, 15) is 14.4 Å². The first-order valence-electron chi connectivity index (χ1n) is 8.26. The maximum Gasteiger partial charge on any atom is 0.341 e. The highest BCUT2D eigenvalue weighted by Gasteiger charge is 2.25. The van der Waals surface area contributed by atoms with E-state index < -0.39 is 11.9 Å². The minimum atomic E-state index is -0.584. The topological polar surface area (TPSA) is 90.9 Å². The molecule has 0 bridgehead atoms. The van der Waals surface area contributed by atoms with E-state index in [4.69, 9.17) is 14.2 Å². The van der Waals surface area contributed by atoms with Gasteiger partial charge in [0.15, 0.2) is 23.9 Å². The van der Waals surface area contributed by atoms with Crippen molar-refractivity contribution in [1.82, 2.24) is 0 Å². The van der Waals surface area contributed by atoms with Gasteiger partial charge in [-0.05, 0) is 38.5 Å². The summed E-state index contributed by atoms with van der Waals surface area (Å²) in [5.41, 5.74) is 0.685. The number of para-hydroxylation sites is 2. The molecule has 0 aliphatic heterocycles. The third kappa shape index (κ3) is 4.85. The van der Waals surface area contributed by atoms with Crippen molar-refractivity contribution >= 4 is 34.0 Å². The molecule has 0 radical (unpaired) electrons. The van der Waals surface area contributed by atoms with Gasteiger partial charge < -0.3 is 19.5 Å². The number of hydrogen-bond acceptors (Lipinski definition) is 7. The van der Waals surface area contributed by atoms with Gasteiger partial charge in [0.25, 0.3) is 5.91 Å². The number of amides is 1. The molecule has 0 unspecified atom stereocenters. The maximum atomic E-state index is 12.3. The molecule has 1 aromatic heterocycles. The molecule has 2 rings (SSSR count). The Labute approximate surface area is 161 Å². The number of ether oxygens (including phenoxy) is 3. The number of thiophene rings is 1. The van der Waals surface area contributed by atoms with Crippen LogP contribution in [0.25, 0.3) is 0 Å². The lowest BCUT2D eigenvalue weighted by Gasteiger charge is -2.10. The third-order valence-corrected chi connectivity index (χ3v) is 4.93. The lowest BCUT2D eigenvalue weighted by atomic mass is 10.1. The molecule has 0 atom stereocenters. The number of benzene rings is 1. The Morgan fingerprint density at radius 2 is 1.81 bits per heavy atom. The second-order valence-electron chi connectivity index (χ2n) is 5.52. The van der Waals surface area contributed by atoms with Crippen molar-refractivity contribution in [3.8, 4) is 11.5 Å². The SMILES string of the molecule is CCOC(=O)c1c(NC(=O)COc2ccccc2OC)sc(C(C)=O)c1C. The van der Waals surface area contributed by atoms with E-state index in [0.717, 1.165) is 11.3 Å². The molecule has 0 aliphatic rings. The number of hydrogen-bond donors (Lipinski definition) is 1. The lowest BCUT2D eigenvalue weighted by Crippen LogP contribution is -2.21. The van der Waals surface area contributed by atoms with Gasteiger partial charge in [-0.15, -0.1) is 11.3 Å². The first-order valence-corrected chi connectivity index (χ1v) is 9.07. The first-order chi connectivity index (χ1) is 12.9. The number of carbonyl (C=O) groups excluding carboxylic acids is 3. The van der Waals surface area contributed by atoms with Crippen LogP contribution in [0.3, 0.4) is 0 Å². The van der Waals surface area contributed by atoms with E-state index in [2.05, 4.69) is 5.32 Å². The van der Waals surface area contributed by atoms with Crippen LogP contribution in [-0.4, -0.2) is 38.0 Å². The monoisotopic (exact) mass is 391 g/mol. The average Bonchev–Trinajstić information content (AvgIpc) is 2.96. The van der Waals surface area contributed by atoms with Gasteiger partial charge in [0.2, 0.25) is 0 Å². The molecular formula is C19H21NO6S. The molecule has 0 saturated heterocycles. The molecule has 2 aromatic rings.